The predicted octanol–water partition coefficient (Wildman–Crippen LogP) is 3.06. The van der Waals surface area contributed by atoms with Gasteiger partial charge < -0.3 is 4.74 Å². The van der Waals surface area contributed by atoms with E-state index in [-0.39, 0.29) is 18.2 Å². The Bertz CT molecular complexity index is 388. The molecule has 0 aliphatic heterocycles. The van der Waals surface area contributed by atoms with E-state index in [4.69, 9.17) is 11.6 Å². The first-order valence-corrected chi connectivity index (χ1v) is 4.69. The van der Waals surface area contributed by atoms with Crippen molar-refractivity contribution in [1.29, 1.82) is 0 Å². The number of esters is 1. The number of rotatable bonds is 3. The first-order chi connectivity index (χ1) is 7.13. The molecule has 0 unspecified atom stereocenters. The number of methoxy groups -OCH3 is 1. The second-order valence-electron chi connectivity index (χ2n) is 2.85. The number of halogens is 2. The van der Waals surface area contributed by atoms with Crippen LogP contribution in [0.25, 0.3) is 6.08 Å². The molecule has 0 heterocycles. The van der Waals surface area contributed by atoms with Gasteiger partial charge in [-0.3, -0.25) is 4.79 Å². The Balaban J connectivity index is 2.68. The van der Waals surface area contributed by atoms with Gasteiger partial charge >= 0.3 is 5.97 Å². The highest BCUT2D eigenvalue weighted by molar-refractivity contribution is 6.32. The van der Waals surface area contributed by atoms with Crippen LogP contribution in [0.1, 0.15) is 12.0 Å². The molecule has 0 radical (unpaired) electrons. The van der Waals surface area contributed by atoms with Crippen molar-refractivity contribution in [2.45, 2.75) is 6.42 Å². The van der Waals surface area contributed by atoms with Crippen LogP contribution in [-0.4, -0.2) is 13.1 Å². The van der Waals surface area contributed by atoms with Crippen molar-refractivity contribution < 1.29 is 13.9 Å². The number of ether oxygens (including phenoxy) is 1. The minimum atomic E-state index is -0.384. The molecular weight excluding hydrogens is 219 g/mol. The highest BCUT2D eigenvalue weighted by Crippen LogP contribution is 2.18. The molecule has 0 aromatic heterocycles. The van der Waals surface area contributed by atoms with Crippen molar-refractivity contribution in [3.05, 3.63) is 40.7 Å². The number of hydrogen-bond acceptors (Lipinski definition) is 2. The monoisotopic (exact) mass is 228 g/mol. The van der Waals surface area contributed by atoms with Crippen LogP contribution in [0.4, 0.5) is 4.39 Å². The summed E-state index contributed by atoms with van der Waals surface area (Å²) < 4.78 is 17.1. The summed E-state index contributed by atoms with van der Waals surface area (Å²) in [6.45, 7) is 0. The second-order valence-corrected chi connectivity index (χ2v) is 3.26. The minimum absolute atomic E-state index is 0.171. The van der Waals surface area contributed by atoms with Crippen molar-refractivity contribution >= 4 is 23.6 Å². The molecular formula is C11H10ClFO2. The van der Waals surface area contributed by atoms with E-state index in [1.54, 1.807) is 18.2 Å². The molecule has 1 aromatic carbocycles. The van der Waals surface area contributed by atoms with Crippen LogP contribution in [0.15, 0.2) is 24.3 Å². The Morgan fingerprint density at radius 2 is 2.33 bits per heavy atom. The van der Waals surface area contributed by atoms with E-state index in [1.807, 2.05) is 0 Å². The molecule has 15 heavy (non-hydrogen) atoms. The van der Waals surface area contributed by atoms with Gasteiger partial charge in [-0.15, -0.1) is 0 Å². The van der Waals surface area contributed by atoms with Crippen LogP contribution in [0.2, 0.25) is 5.02 Å². The Morgan fingerprint density at radius 1 is 1.60 bits per heavy atom. The average Bonchev–Trinajstić information content (AvgIpc) is 2.21. The van der Waals surface area contributed by atoms with Gasteiger partial charge in [0.15, 0.2) is 0 Å². The lowest BCUT2D eigenvalue weighted by Gasteiger charge is -1.97. The van der Waals surface area contributed by atoms with E-state index in [1.165, 1.54) is 19.2 Å². The van der Waals surface area contributed by atoms with Crippen molar-refractivity contribution in [2.24, 2.45) is 0 Å². The minimum Gasteiger partial charge on any atom is -0.469 e. The molecule has 0 amide bonds. The summed E-state index contributed by atoms with van der Waals surface area (Å²) in [6, 6.07) is 4.08. The molecule has 80 valence electrons. The topological polar surface area (TPSA) is 26.3 Å². The molecule has 0 spiro atoms. The maximum absolute atomic E-state index is 12.7. The van der Waals surface area contributed by atoms with Gasteiger partial charge in [0.25, 0.3) is 0 Å². The zero-order chi connectivity index (χ0) is 11.3. The predicted molar refractivity (Wildman–Crippen MR) is 57.1 cm³/mol. The molecule has 0 aliphatic carbocycles. The molecule has 0 aliphatic rings. The van der Waals surface area contributed by atoms with E-state index in [2.05, 4.69) is 4.74 Å². The highest BCUT2D eigenvalue weighted by Gasteiger charge is 1.99. The van der Waals surface area contributed by atoms with Crippen molar-refractivity contribution in [3.8, 4) is 0 Å². The summed E-state index contributed by atoms with van der Waals surface area (Å²) in [6.07, 6.45) is 3.44. The van der Waals surface area contributed by atoms with Crippen molar-refractivity contribution in [3.63, 3.8) is 0 Å². The van der Waals surface area contributed by atoms with Crippen LogP contribution in [0.3, 0.4) is 0 Å². The zero-order valence-corrected chi connectivity index (χ0v) is 8.92. The molecule has 0 atom stereocenters. The van der Waals surface area contributed by atoms with E-state index in [9.17, 15) is 9.18 Å². The highest BCUT2D eigenvalue weighted by atomic mass is 35.5. The van der Waals surface area contributed by atoms with Gasteiger partial charge in [-0.1, -0.05) is 29.8 Å². The van der Waals surface area contributed by atoms with Crippen LogP contribution in [0.5, 0.6) is 0 Å². The quantitative estimate of drug-likeness (QED) is 0.744. The number of carbonyl (C=O) groups is 1. The lowest BCUT2D eigenvalue weighted by Crippen LogP contribution is -1.96. The standard InChI is InChI=1S/C11H10ClFO2/c1-15-11(14)4-2-3-8-5-6-9(13)7-10(8)12/h2-3,5-7H,4H2,1H3. The van der Waals surface area contributed by atoms with E-state index < -0.39 is 0 Å². The second kappa shape index (κ2) is 5.51. The van der Waals surface area contributed by atoms with Gasteiger partial charge in [0, 0.05) is 0 Å². The molecule has 1 rings (SSSR count). The fourth-order valence-electron chi connectivity index (χ4n) is 1.00. The molecule has 0 saturated carbocycles. The van der Waals surface area contributed by atoms with Gasteiger partial charge in [-0.2, -0.15) is 0 Å². The normalized spacial score (nSPS) is 10.6. The molecule has 0 fully saturated rings. The Labute approximate surface area is 92.3 Å². The summed E-state index contributed by atoms with van der Waals surface area (Å²) in [5, 5.41) is 0.316. The number of carbonyl (C=O) groups excluding carboxylic acids is 1. The van der Waals surface area contributed by atoms with Gasteiger partial charge in [0.2, 0.25) is 0 Å². The summed E-state index contributed by atoms with van der Waals surface area (Å²) >= 11 is 5.77. The first kappa shape index (κ1) is 11.7. The van der Waals surface area contributed by atoms with Gasteiger partial charge in [-0.05, 0) is 17.7 Å². The van der Waals surface area contributed by atoms with E-state index >= 15 is 0 Å². The summed E-state index contributed by atoms with van der Waals surface area (Å²) in [4.78, 5) is 10.8. The fraction of sp³-hybridized carbons (Fsp3) is 0.182. The Hall–Kier alpha value is -1.35. The molecule has 0 saturated heterocycles. The zero-order valence-electron chi connectivity index (χ0n) is 8.17. The number of benzene rings is 1. The molecule has 4 heteroatoms. The first-order valence-electron chi connectivity index (χ1n) is 4.32. The van der Waals surface area contributed by atoms with Gasteiger partial charge in [0.05, 0.1) is 18.6 Å². The van der Waals surface area contributed by atoms with Crippen LogP contribution < -0.4 is 0 Å². The third kappa shape index (κ3) is 3.72. The number of hydrogen-bond donors (Lipinski definition) is 0. The van der Waals surface area contributed by atoms with Crippen LogP contribution >= 0.6 is 11.6 Å². The van der Waals surface area contributed by atoms with Crippen molar-refractivity contribution in [2.75, 3.05) is 7.11 Å². The summed E-state index contributed by atoms with van der Waals surface area (Å²) in [7, 11) is 1.32. The molecule has 0 N–H and O–H groups in total. The molecule has 0 bridgehead atoms. The SMILES string of the molecule is COC(=O)CC=Cc1ccc(F)cc1Cl. The third-order valence-corrected chi connectivity index (χ3v) is 2.10. The van der Waals surface area contributed by atoms with Gasteiger partial charge in [0.1, 0.15) is 5.82 Å². The average molecular weight is 229 g/mol. The Morgan fingerprint density at radius 3 is 2.93 bits per heavy atom. The molecule has 2 nitrogen and oxygen atoms in total. The lowest BCUT2D eigenvalue weighted by atomic mass is 10.2. The third-order valence-electron chi connectivity index (χ3n) is 1.77. The van der Waals surface area contributed by atoms with Crippen LogP contribution in [0, 0.1) is 5.82 Å². The van der Waals surface area contributed by atoms with Crippen molar-refractivity contribution in [1.82, 2.24) is 0 Å². The summed E-state index contributed by atoms with van der Waals surface area (Å²) in [5.41, 5.74) is 0.668. The van der Waals surface area contributed by atoms with E-state index in [0.29, 0.717) is 10.6 Å². The maximum Gasteiger partial charge on any atom is 0.309 e. The maximum atomic E-state index is 12.7. The summed E-state index contributed by atoms with van der Waals surface area (Å²) in [5.74, 6) is -0.713. The molecule has 1 aromatic rings. The van der Waals surface area contributed by atoms with Crippen LogP contribution in [-0.2, 0) is 9.53 Å². The smallest absolute Gasteiger partial charge is 0.309 e. The lowest BCUT2D eigenvalue weighted by molar-refractivity contribution is -0.139. The van der Waals surface area contributed by atoms with Gasteiger partial charge in [-0.25, -0.2) is 4.39 Å². The largest absolute Gasteiger partial charge is 0.469 e. The Kier molecular flexibility index (Phi) is 4.31. The fourth-order valence-corrected chi connectivity index (χ4v) is 1.23. The van der Waals surface area contributed by atoms with E-state index in [0.717, 1.165) is 0 Å².